The minimum Gasteiger partial charge on any atom is -0.330 e. The predicted octanol–water partition coefficient (Wildman–Crippen LogP) is 2.07. The van der Waals surface area contributed by atoms with Crippen LogP contribution in [0.2, 0.25) is 0 Å². The highest BCUT2D eigenvalue weighted by Gasteiger charge is 2.27. The van der Waals surface area contributed by atoms with Crippen LogP contribution >= 0.6 is 0 Å². The van der Waals surface area contributed by atoms with Gasteiger partial charge in [0.25, 0.3) is 0 Å². The van der Waals surface area contributed by atoms with E-state index < -0.39 is 5.82 Å². The highest BCUT2D eigenvalue weighted by atomic mass is 19.1. The van der Waals surface area contributed by atoms with Gasteiger partial charge in [0, 0.05) is 6.54 Å². The molecule has 2 rings (SSSR count). The summed E-state index contributed by atoms with van der Waals surface area (Å²) in [6.45, 7) is 4.96. The smallest absolute Gasteiger partial charge is 0.238 e. The zero-order chi connectivity index (χ0) is 15.2. The Bertz CT molecular complexity index is 480. The molecule has 0 aliphatic carbocycles. The Morgan fingerprint density at radius 2 is 2.19 bits per heavy atom. The summed E-state index contributed by atoms with van der Waals surface area (Å²) < 4.78 is 13.5. The number of rotatable bonds is 5. The van der Waals surface area contributed by atoms with E-state index in [1.807, 2.05) is 0 Å². The highest BCUT2D eigenvalue weighted by molar-refractivity contribution is 5.92. The van der Waals surface area contributed by atoms with E-state index in [9.17, 15) is 9.18 Å². The largest absolute Gasteiger partial charge is 0.330 e. The van der Waals surface area contributed by atoms with Crippen LogP contribution < -0.4 is 11.1 Å². The van der Waals surface area contributed by atoms with Crippen LogP contribution in [0.4, 0.5) is 10.1 Å². The van der Waals surface area contributed by atoms with Crippen LogP contribution in [-0.2, 0) is 4.79 Å². The quantitative estimate of drug-likeness (QED) is 0.874. The molecule has 1 heterocycles. The number of carbonyl (C=O) groups is 1. The standard InChI is InChI=1S/C16H24FN3O/c1-2-12-10-20(8-7-13(12)9-18)11-16(21)19-15-6-4-3-5-14(15)17/h3-6,12-13H,2,7-11,18H2,1H3,(H,19,21). The lowest BCUT2D eigenvalue weighted by Gasteiger charge is -2.37. The van der Waals surface area contributed by atoms with Crippen molar-refractivity contribution in [2.24, 2.45) is 17.6 Å². The van der Waals surface area contributed by atoms with Gasteiger partial charge in [-0.3, -0.25) is 9.69 Å². The van der Waals surface area contributed by atoms with Gasteiger partial charge in [0.1, 0.15) is 5.82 Å². The molecule has 5 heteroatoms. The number of amides is 1. The van der Waals surface area contributed by atoms with E-state index in [0.29, 0.717) is 24.9 Å². The molecule has 1 aliphatic heterocycles. The van der Waals surface area contributed by atoms with Gasteiger partial charge in [-0.15, -0.1) is 0 Å². The number of anilines is 1. The minimum absolute atomic E-state index is 0.166. The lowest BCUT2D eigenvalue weighted by atomic mass is 9.84. The molecule has 4 nitrogen and oxygen atoms in total. The number of nitrogens with two attached hydrogens (primary N) is 1. The minimum atomic E-state index is -0.404. The van der Waals surface area contributed by atoms with E-state index in [4.69, 9.17) is 5.73 Å². The van der Waals surface area contributed by atoms with Crippen molar-refractivity contribution in [2.75, 3.05) is 31.5 Å². The van der Waals surface area contributed by atoms with Crippen LogP contribution in [-0.4, -0.2) is 37.0 Å². The van der Waals surface area contributed by atoms with Crippen molar-refractivity contribution in [3.05, 3.63) is 30.1 Å². The highest BCUT2D eigenvalue weighted by Crippen LogP contribution is 2.25. The Morgan fingerprint density at radius 3 is 2.86 bits per heavy atom. The molecule has 21 heavy (non-hydrogen) atoms. The molecule has 1 aromatic rings. The summed E-state index contributed by atoms with van der Waals surface area (Å²) in [5, 5.41) is 2.64. The molecule has 0 saturated carbocycles. The Hall–Kier alpha value is -1.46. The first-order chi connectivity index (χ1) is 10.1. The molecule has 0 radical (unpaired) electrons. The maximum Gasteiger partial charge on any atom is 0.238 e. The molecule has 0 aromatic heterocycles. The number of halogens is 1. The van der Waals surface area contributed by atoms with E-state index >= 15 is 0 Å². The normalized spacial score (nSPS) is 23.0. The number of hydrogen-bond acceptors (Lipinski definition) is 3. The number of piperidine rings is 1. The van der Waals surface area contributed by atoms with Gasteiger partial charge in [-0.25, -0.2) is 4.39 Å². The second-order valence-corrected chi connectivity index (χ2v) is 5.72. The maximum absolute atomic E-state index is 13.5. The third kappa shape index (κ3) is 4.25. The predicted molar refractivity (Wildman–Crippen MR) is 82.4 cm³/mol. The average Bonchev–Trinajstić information content (AvgIpc) is 2.49. The second kappa shape index (κ2) is 7.52. The Balaban J connectivity index is 1.87. The van der Waals surface area contributed by atoms with Crippen molar-refractivity contribution in [1.82, 2.24) is 4.90 Å². The molecule has 1 fully saturated rings. The van der Waals surface area contributed by atoms with E-state index in [1.165, 1.54) is 6.07 Å². The third-order valence-electron chi connectivity index (χ3n) is 4.32. The fourth-order valence-corrected chi connectivity index (χ4v) is 3.03. The van der Waals surface area contributed by atoms with Crippen molar-refractivity contribution in [3.8, 4) is 0 Å². The first-order valence-electron chi connectivity index (χ1n) is 7.60. The van der Waals surface area contributed by atoms with Crippen molar-refractivity contribution < 1.29 is 9.18 Å². The second-order valence-electron chi connectivity index (χ2n) is 5.72. The summed E-state index contributed by atoms with van der Waals surface area (Å²) >= 11 is 0. The van der Waals surface area contributed by atoms with Gasteiger partial charge in [-0.1, -0.05) is 25.5 Å². The molecule has 2 unspecified atom stereocenters. The van der Waals surface area contributed by atoms with Crippen molar-refractivity contribution in [1.29, 1.82) is 0 Å². The molecule has 1 amide bonds. The molecule has 1 aromatic carbocycles. The first kappa shape index (κ1) is 15.9. The van der Waals surface area contributed by atoms with Gasteiger partial charge in [-0.05, 0) is 43.5 Å². The zero-order valence-corrected chi connectivity index (χ0v) is 12.5. The molecular weight excluding hydrogens is 269 g/mol. The van der Waals surface area contributed by atoms with E-state index in [1.54, 1.807) is 18.2 Å². The van der Waals surface area contributed by atoms with E-state index in [0.717, 1.165) is 25.9 Å². The van der Waals surface area contributed by atoms with Crippen LogP contribution in [0, 0.1) is 17.7 Å². The summed E-state index contributed by atoms with van der Waals surface area (Å²) in [7, 11) is 0. The van der Waals surface area contributed by atoms with E-state index in [-0.39, 0.29) is 11.6 Å². The number of nitrogens with one attached hydrogen (secondary N) is 1. The number of nitrogens with zero attached hydrogens (tertiary/aromatic N) is 1. The Kier molecular flexibility index (Phi) is 5.70. The molecule has 2 atom stereocenters. The van der Waals surface area contributed by atoms with Crippen LogP contribution in [0.5, 0.6) is 0 Å². The summed E-state index contributed by atoms with van der Waals surface area (Å²) in [4.78, 5) is 14.2. The molecule has 3 N–H and O–H groups in total. The van der Waals surface area contributed by atoms with Crippen molar-refractivity contribution >= 4 is 11.6 Å². The molecule has 116 valence electrons. The summed E-state index contributed by atoms with van der Waals surface area (Å²) in [6.07, 6.45) is 2.11. The lowest BCUT2D eigenvalue weighted by molar-refractivity contribution is -0.118. The monoisotopic (exact) mass is 293 g/mol. The van der Waals surface area contributed by atoms with Crippen molar-refractivity contribution in [3.63, 3.8) is 0 Å². The van der Waals surface area contributed by atoms with Crippen LogP contribution in [0.15, 0.2) is 24.3 Å². The van der Waals surface area contributed by atoms with E-state index in [2.05, 4.69) is 17.1 Å². The Labute approximate surface area is 125 Å². The number of para-hydroxylation sites is 1. The molecule has 0 bridgehead atoms. The van der Waals surface area contributed by atoms with Gasteiger partial charge < -0.3 is 11.1 Å². The molecular formula is C16H24FN3O. The fourth-order valence-electron chi connectivity index (χ4n) is 3.03. The third-order valence-corrected chi connectivity index (χ3v) is 4.32. The van der Waals surface area contributed by atoms with Gasteiger partial charge in [-0.2, -0.15) is 0 Å². The molecule has 1 saturated heterocycles. The van der Waals surface area contributed by atoms with Crippen molar-refractivity contribution in [2.45, 2.75) is 19.8 Å². The summed E-state index contributed by atoms with van der Waals surface area (Å²) in [5.74, 6) is 0.533. The average molecular weight is 293 g/mol. The SMILES string of the molecule is CCC1CN(CC(=O)Nc2ccccc2F)CCC1CN. The molecule has 1 aliphatic rings. The first-order valence-corrected chi connectivity index (χ1v) is 7.60. The van der Waals surface area contributed by atoms with Gasteiger partial charge in [0.15, 0.2) is 0 Å². The Morgan fingerprint density at radius 1 is 1.43 bits per heavy atom. The fraction of sp³-hybridized carbons (Fsp3) is 0.562. The summed E-state index contributed by atoms with van der Waals surface area (Å²) in [5.41, 5.74) is 6.04. The lowest BCUT2D eigenvalue weighted by Crippen LogP contribution is -2.45. The summed E-state index contributed by atoms with van der Waals surface area (Å²) in [6, 6.07) is 6.23. The zero-order valence-electron chi connectivity index (χ0n) is 12.5. The molecule has 0 spiro atoms. The number of likely N-dealkylation sites (tertiary alicyclic amines) is 1. The van der Waals surface area contributed by atoms with Crippen LogP contribution in [0.25, 0.3) is 0 Å². The van der Waals surface area contributed by atoms with Crippen LogP contribution in [0.1, 0.15) is 19.8 Å². The van der Waals surface area contributed by atoms with Gasteiger partial charge in [0.2, 0.25) is 5.91 Å². The number of benzene rings is 1. The maximum atomic E-state index is 13.5. The van der Waals surface area contributed by atoms with Gasteiger partial charge >= 0.3 is 0 Å². The topological polar surface area (TPSA) is 58.4 Å². The van der Waals surface area contributed by atoms with Crippen LogP contribution in [0.3, 0.4) is 0 Å². The van der Waals surface area contributed by atoms with Gasteiger partial charge in [0.05, 0.1) is 12.2 Å². The number of carbonyl (C=O) groups excluding carboxylic acids is 1. The number of hydrogen-bond donors (Lipinski definition) is 2.